The summed E-state index contributed by atoms with van der Waals surface area (Å²) >= 11 is 1.14. The summed E-state index contributed by atoms with van der Waals surface area (Å²) in [5, 5.41) is 0. The minimum absolute atomic E-state index is 0.117. The van der Waals surface area contributed by atoms with Crippen LogP contribution in [-0.4, -0.2) is 23.6 Å². The third-order valence-electron chi connectivity index (χ3n) is 2.98. The van der Waals surface area contributed by atoms with E-state index < -0.39 is 0 Å². The lowest BCUT2D eigenvalue weighted by molar-refractivity contribution is -0.127. The Bertz CT molecular complexity index is 633. The van der Waals surface area contributed by atoms with Gasteiger partial charge in [-0.3, -0.25) is 4.79 Å². The lowest BCUT2D eigenvalue weighted by Crippen LogP contribution is -2.28. The number of amides is 1. The maximum Gasteiger partial charge on any atom is 0.232 e. The SMILES string of the molecule is CN(Cc1ccccc1F)C(=O)CSc1ccccc1F. The van der Waals surface area contributed by atoms with E-state index in [0.29, 0.717) is 10.5 Å². The Hall–Kier alpha value is -1.88. The van der Waals surface area contributed by atoms with Crippen molar-refractivity contribution < 1.29 is 13.6 Å². The summed E-state index contributed by atoms with van der Waals surface area (Å²) in [6, 6.07) is 12.6. The predicted octanol–water partition coefficient (Wildman–Crippen LogP) is 3.72. The molecule has 0 saturated heterocycles. The Labute approximate surface area is 126 Å². The van der Waals surface area contributed by atoms with Gasteiger partial charge in [-0.1, -0.05) is 30.3 Å². The topological polar surface area (TPSA) is 20.3 Å². The van der Waals surface area contributed by atoms with E-state index in [9.17, 15) is 13.6 Å². The van der Waals surface area contributed by atoms with Gasteiger partial charge in [0, 0.05) is 24.1 Å². The number of rotatable bonds is 5. The standard InChI is InChI=1S/C16H15F2NOS/c1-19(10-12-6-2-3-7-13(12)17)16(20)11-21-15-9-5-4-8-14(15)18/h2-9H,10-11H2,1H3. The fourth-order valence-electron chi connectivity index (χ4n) is 1.78. The monoisotopic (exact) mass is 307 g/mol. The number of benzene rings is 2. The van der Waals surface area contributed by atoms with Crippen LogP contribution in [-0.2, 0) is 11.3 Å². The van der Waals surface area contributed by atoms with Gasteiger partial charge in [0.25, 0.3) is 0 Å². The van der Waals surface area contributed by atoms with Crippen LogP contribution in [0.25, 0.3) is 0 Å². The van der Waals surface area contributed by atoms with E-state index in [2.05, 4.69) is 0 Å². The summed E-state index contributed by atoms with van der Waals surface area (Å²) in [6.07, 6.45) is 0. The van der Waals surface area contributed by atoms with Crippen LogP contribution >= 0.6 is 11.8 Å². The van der Waals surface area contributed by atoms with E-state index in [-0.39, 0.29) is 29.8 Å². The maximum atomic E-state index is 13.5. The third-order valence-corrected chi connectivity index (χ3v) is 4.01. The summed E-state index contributed by atoms with van der Waals surface area (Å²) in [6.45, 7) is 0.198. The lowest BCUT2D eigenvalue weighted by Gasteiger charge is -2.17. The molecule has 0 bridgehead atoms. The number of thioether (sulfide) groups is 1. The highest BCUT2D eigenvalue weighted by Crippen LogP contribution is 2.21. The van der Waals surface area contributed by atoms with Crippen LogP contribution in [0.1, 0.15) is 5.56 Å². The number of carbonyl (C=O) groups excluding carboxylic acids is 1. The minimum atomic E-state index is -0.341. The number of carbonyl (C=O) groups is 1. The molecular weight excluding hydrogens is 292 g/mol. The number of halogens is 2. The molecule has 2 nitrogen and oxygen atoms in total. The van der Waals surface area contributed by atoms with E-state index in [1.54, 1.807) is 43.4 Å². The van der Waals surface area contributed by atoms with Crippen molar-refractivity contribution in [3.63, 3.8) is 0 Å². The van der Waals surface area contributed by atoms with E-state index in [1.165, 1.54) is 17.0 Å². The second-order valence-electron chi connectivity index (χ2n) is 4.56. The first kappa shape index (κ1) is 15.5. The number of hydrogen-bond donors (Lipinski definition) is 0. The smallest absolute Gasteiger partial charge is 0.232 e. The average Bonchev–Trinajstić information content (AvgIpc) is 2.48. The molecular formula is C16H15F2NOS. The quantitative estimate of drug-likeness (QED) is 0.785. The molecule has 110 valence electrons. The van der Waals surface area contributed by atoms with E-state index in [0.717, 1.165) is 11.8 Å². The van der Waals surface area contributed by atoms with Crippen molar-refractivity contribution in [2.75, 3.05) is 12.8 Å². The Morgan fingerprint density at radius 3 is 2.33 bits per heavy atom. The molecule has 21 heavy (non-hydrogen) atoms. The molecule has 1 amide bonds. The van der Waals surface area contributed by atoms with Crippen molar-refractivity contribution in [1.29, 1.82) is 0 Å². The molecule has 0 aromatic heterocycles. The van der Waals surface area contributed by atoms with Crippen molar-refractivity contribution in [1.82, 2.24) is 4.90 Å². The van der Waals surface area contributed by atoms with Crippen molar-refractivity contribution in [2.45, 2.75) is 11.4 Å². The first-order valence-corrected chi connectivity index (χ1v) is 7.41. The summed E-state index contributed by atoms with van der Waals surface area (Å²) < 4.78 is 27.0. The molecule has 2 rings (SSSR count). The Kier molecular flexibility index (Phi) is 5.33. The molecule has 5 heteroatoms. The van der Waals surface area contributed by atoms with Gasteiger partial charge < -0.3 is 4.90 Å². The molecule has 2 aromatic carbocycles. The fraction of sp³-hybridized carbons (Fsp3) is 0.188. The molecule has 0 aliphatic heterocycles. The highest BCUT2D eigenvalue weighted by Gasteiger charge is 2.13. The van der Waals surface area contributed by atoms with Crippen molar-refractivity contribution in [3.8, 4) is 0 Å². The molecule has 0 N–H and O–H groups in total. The first-order valence-electron chi connectivity index (χ1n) is 6.42. The molecule has 0 saturated carbocycles. The van der Waals surface area contributed by atoms with Crippen molar-refractivity contribution >= 4 is 17.7 Å². The van der Waals surface area contributed by atoms with Crippen LogP contribution in [0.15, 0.2) is 53.4 Å². The fourth-order valence-corrected chi connectivity index (χ4v) is 2.66. The lowest BCUT2D eigenvalue weighted by atomic mass is 10.2. The zero-order valence-corrected chi connectivity index (χ0v) is 12.4. The molecule has 0 atom stereocenters. The van der Waals surface area contributed by atoms with Crippen molar-refractivity contribution in [2.24, 2.45) is 0 Å². The van der Waals surface area contributed by atoms with Gasteiger partial charge in [0.05, 0.1) is 5.75 Å². The number of nitrogens with zero attached hydrogens (tertiary/aromatic N) is 1. The molecule has 0 spiro atoms. The van der Waals surface area contributed by atoms with Gasteiger partial charge in [-0.2, -0.15) is 0 Å². The summed E-state index contributed by atoms with van der Waals surface area (Å²) in [5.41, 5.74) is 0.462. The molecule has 0 heterocycles. The van der Waals surface area contributed by atoms with Gasteiger partial charge in [0.2, 0.25) is 5.91 Å². The minimum Gasteiger partial charge on any atom is -0.341 e. The molecule has 0 radical (unpaired) electrons. The largest absolute Gasteiger partial charge is 0.341 e. The van der Waals surface area contributed by atoms with Gasteiger partial charge in [-0.05, 0) is 18.2 Å². The van der Waals surface area contributed by atoms with Crippen molar-refractivity contribution in [3.05, 3.63) is 65.7 Å². The predicted molar refractivity (Wildman–Crippen MR) is 80.0 cm³/mol. The maximum absolute atomic E-state index is 13.5. The molecule has 0 fully saturated rings. The zero-order chi connectivity index (χ0) is 15.2. The second kappa shape index (κ2) is 7.22. The summed E-state index contributed by atoms with van der Waals surface area (Å²) in [4.78, 5) is 13.9. The summed E-state index contributed by atoms with van der Waals surface area (Å²) in [7, 11) is 1.61. The molecule has 0 unspecified atom stereocenters. The van der Waals surface area contributed by atoms with Gasteiger partial charge in [-0.25, -0.2) is 8.78 Å². The van der Waals surface area contributed by atoms with Crippen LogP contribution in [0.5, 0.6) is 0 Å². The van der Waals surface area contributed by atoms with Crippen LogP contribution in [0.2, 0.25) is 0 Å². The zero-order valence-electron chi connectivity index (χ0n) is 11.6. The summed E-state index contributed by atoms with van der Waals surface area (Å²) in [5.74, 6) is -0.733. The van der Waals surface area contributed by atoms with Crippen LogP contribution < -0.4 is 0 Å². The van der Waals surface area contributed by atoms with Crippen LogP contribution in [0.3, 0.4) is 0 Å². The number of hydrogen-bond acceptors (Lipinski definition) is 2. The van der Waals surface area contributed by atoms with Gasteiger partial charge >= 0.3 is 0 Å². The molecule has 0 aliphatic rings. The normalized spacial score (nSPS) is 10.4. The van der Waals surface area contributed by atoms with Gasteiger partial charge in [0.1, 0.15) is 11.6 Å². The first-order chi connectivity index (χ1) is 10.1. The molecule has 0 aliphatic carbocycles. The molecule has 2 aromatic rings. The second-order valence-corrected chi connectivity index (χ2v) is 5.58. The van der Waals surface area contributed by atoms with Gasteiger partial charge in [-0.15, -0.1) is 11.8 Å². The van der Waals surface area contributed by atoms with Gasteiger partial charge in [0.15, 0.2) is 0 Å². The Morgan fingerprint density at radius 2 is 1.67 bits per heavy atom. The van der Waals surface area contributed by atoms with Crippen LogP contribution in [0.4, 0.5) is 8.78 Å². The average molecular weight is 307 g/mol. The van der Waals surface area contributed by atoms with E-state index in [4.69, 9.17) is 0 Å². The Morgan fingerprint density at radius 1 is 1.05 bits per heavy atom. The van der Waals surface area contributed by atoms with E-state index >= 15 is 0 Å². The Balaban J connectivity index is 1.91. The van der Waals surface area contributed by atoms with Crippen LogP contribution in [0, 0.1) is 11.6 Å². The highest BCUT2D eigenvalue weighted by atomic mass is 32.2. The highest BCUT2D eigenvalue weighted by molar-refractivity contribution is 8.00. The van der Waals surface area contributed by atoms with E-state index in [1.807, 2.05) is 0 Å². The third kappa shape index (κ3) is 4.29.